The quantitative estimate of drug-likeness (QED) is 0.0153. The highest BCUT2D eigenvalue weighted by molar-refractivity contribution is 5.99. The summed E-state index contributed by atoms with van der Waals surface area (Å²) in [5.74, 6) is -14.3. The lowest BCUT2D eigenvalue weighted by molar-refractivity contribution is -0.143. The van der Waals surface area contributed by atoms with Crippen LogP contribution in [0, 0.1) is 22.1 Å². The summed E-state index contributed by atoms with van der Waals surface area (Å²) in [6, 6.07) is -13.1. The zero-order chi connectivity index (χ0) is 68.9. The summed E-state index contributed by atoms with van der Waals surface area (Å²) < 4.78 is 0. The Morgan fingerprint density at radius 3 is 1.13 bits per heavy atom. The summed E-state index contributed by atoms with van der Waals surface area (Å²) in [5, 5.41) is 50.5. The summed E-state index contributed by atoms with van der Waals surface area (Å²) >= 11 is 0. The van der Waals surface area contributed by atoms with Crippen molar-refractivity contribution in [2.45, 2.75) is 190 Å². The predicted molar refractivity (Wildman–Crippen MR) is 328 cm³/mol. The molecule has 0 aromatic carbocycles. The maximum Gasteiger partial charge on any atom is 0.245 e. The number of carbonyl (C=O) groups excluding carboxylic acids is 14. The van der Waals surface area contributed by atoms with Crippen LogP contribution in [0.25, 0.3) is 0 Å². The van der Waals surface area contributed by atoms with Gasteiger partial charge < -0.3 is 115 Å². The molecule has 1 aliphatic heterocycles. The second-order valence-electron chi connectivity index (χ2n) is 21.9. The Kier molecular flexibility index (Phi) is 36.9. The fraction of sp³-hybridized carbons (Fsp3) is 0.679. The molecule has 32 N–H and O–H groups in total. The van der Waals surface area contributed by atoms with Crippen LogP contribution in [0.3, 0.4) is 0 Å². The molecular weight excluding hydrogens is 1200 g/mol. The van der Waals surface area contributed by atoms with Crippen LogP contribution in [0.5, 0.6) is 0 Å². The zero-order valence-electron chi connectivity index (χ0n) is 51.6. The van der Waals surface area contributed by atoms with Gasteiger partial charge in [0.15, 0.2) is 17.9 Å². The van der Waals surface area contributed by atoms with Crippen LogP contribution < -0.4 is 110 Å². The van der Waals surface area contributed by atoms with Crippen LogP contribution in [0.2, 0.25) is 0 Å². The van der Waals surface area contributed by atoms with E-state index in [9.17, 15) is 67.1 Å². The first-order chi connectivity index (χ1) is 42.8. The summed E-state index contributed by atoms with van der Waals surface area (Å²) in [5.41, 5.74) is 48.9. The van der Waals surface area contributed by atoms with Gasteiger partial charge in [0, 0.05) is 57.8 Å². The first kappa shape index (κ1) is 79.4. The van der Waals surface area contributed by atoms with Crippen LogP contribution in [0.1, 0.15) is 136 Å². The Balaban J connectivity index is 3.71. The van der Waals surface area contributed by atoms with Crippen molar-refractivity contribution in [2.75, 3.05) is 32.7 Å². The first-order valence-electron chi connectivity index (χ1n) is 29.9. The first-order valence-corrected chi connectivity index (χ1v) is 29.9. The normalized spacial score (nSPS) is 15.5. The lowest BCUT2D eigenvalue weighted by Crippen LogP contribution is -2.60. The highest BCUT2D eigenvalue weighted by atomic mass is 16.2. The smallest absolute Gasteiger partial charge is 0.245 e. The SMILES string of the molecule is C[C@H](NC(=O)[C@@H](C)CCC(N)=O)C(=O)N[C@@H](CCC(N)=O)C(=O)N[C@@H](CCCNC(=N)N)C(=O)N[C@@H](CCCNC(=N)N)C(=O)N1CCC[C@H]1C(=O)N[C@@H](CCC(N)=O)C(=O)N[C@@H](CCCNC(=N)N)C(=O)N[C@@H](CCC(N)=O)C(=O)N[C@@H](CCCCN)C(N)=O. The van der Waals surface area contributed by atoms with Crippen molar-refractivity contribution >= 4 is 101 Å². The number of likely N-dealkylation sites (tertiary alicyclic amines) is 1. The average Bonchev–Trinajstić information content (AvgIpc) is 2.15. The van der Waals surface area contributed by atoms with E-state index in [-0.39, 0.29) is 116 Å². The molecule has 1 rings (SSSR count). The number of guanidine groups is 3. The van der Waals surface area contributed by atoms with Crippen molar-refractivity contribution in [3.05, 3.63) is 0 Å². The van der Waals surface area contributed by atoms with Crippen LogP contribution in [-0.2, 0) is 67.1 Å². The number of nitrogens with one attached hydrogen (secondary N) is 14. The zero-order valence-corrected chi connectivity index (χ0v) is 51.6. The van der Waals surface area contributed by atoms with E-state index in [4.69, 9.17) is 67.8 Å². The Morgan fingerprint density at radius 1 is 0.407 bits per heavy atom. The molecule has 512 valence electrons. The van der Waals surface area contributed by atoms with E-state index in [0.717, 1.165) is 4.90 Å². The number of unbranched alkanes of at least 4 members (excludes halogenated alkanes) is 1. The minimum atomic E-state index is -1.64. The molecule has 1 aliphatic rings. The maximum atomic E-state index is 14.8. The predicted octanol–water partition coefficient (Wildman–Crippen LogP) is -9.02. The lowest BCUT2D eigenvalue weighted by Gasteiger charge is -2.31. The van der Waals surface area contributed by atoms with Gasteiger partial charge in [0.1, 0.15) is 54.4 Å². The third kappa shape index (κ3) is 33.0. The van der Waals surface area contributed by atoms with Crippen molar-refractivity contribution in [1.82, 2.24) is 63.4 Å². The van der Waals surface area contributed by atoms with E-state index in [1.165, 1.54) is 13.8 Å². The maximum absolute atomic E-state index is 14.8. The summed E-state index contributed by atoms with van der Waals surface area (Å²) in [7, 11) is 0. The van der Waals surface area contributed by atoms with Gasteiger partial charge in [-0.3, -0.25) is 83.4 Å². The van der Waals surface area contributed by atoms with E-state index in [1.807, 2.05) is 0 Å². The molecule has 14 amide bonds. The molecule has 0 spiro atoms. The van der Waals surface area contributed by atoms with E-state index >= 15 is 0 Å². The second kappa shape index (κ2) is 42.3. The molecule has 0 bridgehead atoms. The van der Waals surface area contributed by atoms with Gasteiger partial charge >= 0.3 is 0 Å². The van der Waals surface area contributed by atoms with Gasteiger partial charge in [0.05, 0.1) is 0 Å². The fourth-order valence-corrected chi connectivity index (χ4v) is 9.17. The second-order valence-corrected chi connectivity index (χ2v) is 21.9. The number of nitrogens with zero attached hydrogens (tertiary/aromatic N) is 1. The third-order valence-electron chi connectivity index (χ3n) is 14.2. The molecule has 0 aliphatic carbocycles. The van der Waals surface area contributed by atoms with Gasteiger partial charge in [0.25, 0.3) is 0 Å². The number of nitrogens with two attached hydrogens (primary N) is 9. The van der Waals surface area contributed by atoms with Gasteiger partial charge in [-0.15, -0.1) is 0 Å². The van der Waals surface area contributed by atoms with Gasteiger partial charge in [-0.25, -0.2) is 0 Å². The van der Waals surface area contributed by atoms with Gasteiger partial charge in [-0.2, -0.15) is 0 Å². The molecule has 1 heterocycles. The number of carbonyl (C=O) groups is 14. The van der Waals surface area contributed by atoms with E-state index in [1.54, 1.807) is 0 Å². The van der Waals surface area contributed by atoms with E-state index in [2.05, 4.69) is 58.5 Å². The topological polar surface area (TPSA) is 680 Å². The highest BCUT2D eigenvalue weighted by Gasteiger charge is 2.41. The molecule has 38 heteroatoms. The summed E-state index contributed by atoms with van der Waals surface area (Å²) in [6.45, 7) is 3.05. The number of amides is 14. The van der Waals surface area contributed by atoms with E-state index in [0.29, 0.717) is 12.8 Å². The largest absolute Gasteiger partial charge is 0.370 e. The Bertz CT molecular complexity index is 2580. The molecular formula is C53H96N24O14. The third-order valence-corrected chi connectivity index (χ3v) is 14.2. The lowest BCUT2D eigenvalue weighted by atomic mass is 10.0. The number of hydrogen-bond donors (Lipinski definition) is 23. The van der Waals surface area contributed by atoms with Gasteiger partial charge in [0.2, 0.25) is 82.7 Å². The number of rotatable bonds is 46. The van der Waals surface area contributed by atoms with Crippen molar-refractivity contribution in [3.8, 4) is 0 Å². The van der Waals surface area contributed by atoms with Crippen molar-refractivity contribution < 1.29 is 67.1 Å². The molecule has 10 atom stereocenters. The number of primary amides is 5. The molecule has 0 aromatic rings. The molecule has 0 aromatic heterocycles. The average molecular weight is 1290 g/mol. The van der Waals surface area contributed by atoms with Crippen LogP contribution >= 0.6 is 0 Å². The summed E-state index contributed by atoms with van der Waals surface area (Å²) in [4.78, 5) is 187. The monoisotopic (exact) mass is 1290 g/mol. The molecule has 0 unspecified atom stereocenters. The van der Waals surface area contributed by atoms with Crippen LogP contribution in [0.15, 0.2) is 0 Å². The Morgan fingerprint density at radius 2 is 0.747 bits per heavy atom. The van der Waals surface area contributed by atoms with Crippen LogP contribution in [0.4, 0.5) is 0 Å². The molecule has 91 heavy (non-hydrogen) atoms. The fourth-order valence-electron chi connectivity index (χ4n) is 9.17. The van der Waals surface area contributed by atoms with Gasteiger partial charge in [-0.05, 0) is 110 Å². The molecule has 0 radical (unpaired) electrons. The minimum Gasteiger partial charge on any atom is -0.370 e. The Hall–Kier alpha value is -9.65. The van der Waals surface area contributed by atoms with E-state index < -0.39 is 187 Å². The molecule has 1 fully saturated rings. The molecule has 0 saturated carbocycles. The van der Waals surface area contributed by atoms with Crippen LogP contribution in [-0.4, -0.2) is 193 Å². The van der Waals surface area contributed by atoms with Gasteiger partial charge in [-0.1, -0.05) is 6.92 Å². The Labute approximate surface area is 526 Å². The standard InChI is InChI=1S/C53H96N24O14/c1-27(14-18-37(55)78)42(83)69-28(2)43(84)71-32(15-19-38(56)79)47(88)73-31(11-6-24-67-52(62)63)45(86)76-35(12-7-25-68-53(64)65)50(91)77-26-8-13-36(77)49(90)75-34(17-21-40(58)81)48(89)72-30(10-5-23-66-51(60)61)44(85)74-33(16-20-39(57)80)46(87)70-29(41(59)82)9-3-4-22-54/h27-36H,3-26,54H2,1-2H3,(H2,55,78)(H2,56,79)(H2,57,80)(H2,58,81)(H2,59,82)(H,69,83)(H,70,87)(H,71,84)(H,72,89)(H,73,88)(H,74,85)(H,75,90)(H,76,86)(H4,60,61,66)(H4,62,63,67)(H4,64,65,68)/t27-,28-,29-,30-,31-,32-,33-,34-,35-,36-/m0/s1. The minimum absolute atomic E-state index is 0.00227. The molecule has 1 saturated heterocycles. The molecule has 38 nitrogen and oxygen atoms in total. The summed E-state index contributed by atoms with van der Waals surface area (Å²) in [6.07, 6.45) is -1.81. The van der Waals surface area contributed by atoms with Crippen molar-refractivity contribution in [3.63, 3.8) is 0 Å². The van der Waals surface area contributed by atoms with Crippen molar-refractivity contribution in [1.29, 1.82) is 16.2 Å². The van der Waals surface area contributed by atoms with Crippen molar-refractivity contribution in [2.24, 2.45) is 57.5 Å². The number of hydrogen-bond acceptors (Lipinski definition) is 18. The highest BCUT2D eigenvalue weighted by Crippen LogP contribution is 2.21.